The Kier molecular flexibility index (Phi) is 3.34. The summed E-state index contributed by atoms with van der Waals surface area (Å²) in [6.07, 6.45) is 3.43. The molecule has 2 heterocycles. The molecule has 1 unspecified atom stereocenters. The van der Waals surface area contributed by atoms with E-state index in [-0.39, 0.29) is 5.91 Å². The minimum Gasteiger partial charge on any atom is -0.337 e. The van der Waals surface area contributed by atoms with Gasteiger partial charge < -0.3 is 10.2 Å². The van der Waals surface area contributed by atoms with Gasteiger partial charge in [0, 0.05) is 36.1 Å². The van der Waals surface area contributed by atoms with Crippen LogP contribution in [0.2, 0.25) is 0 Å². The molecule has 0 spiro atoms. The molecule has 1 aliphatic carbocycles. The zero-order valence-corrected chi connectivity index (χ0v) is 12.9. The number of benzene rings is 1. The van der Waals surface area contributed by atoms with Gasteiger partial charge in [0.1, 0.15) is 0 Å². The summed E-state index contributed by atoms with van der Waals surface area (Å²) in [5, 5.41) is 4.25. The Morgan fingerprint density at radius 1 is 1.27 bits per heavy atom. The molecule has 114 valence electrons. The van der Waals surface area contributed by atoms with Crippen LogP contribution in [0.3, 0.4) is 0 Å². The maximum atomic E-state index is 13.0. The highest BCUT2D eigenvalue weighted by Crippen LogP contribution is 2.40. The van der Waals surface area contributed by atoms with E-state index in [9.17, 15) is 4.79 Å². The second-order valence-corrected chi connectivity index (χ2v) is 6.41. The summed E-state index contributed by atoms with van der Waals surface area (Å²) < 4.78 is 0. The highest BCUT2D eigenvalue weighted by atomic mass is 16.2. The third-order valence-electron chi connectivity index (χ3n) is 4.85. The van der Waals surface area contributed by atoms with Gasteiger partial charge in [0.25, 0.3) is 5.91 Å². The van der Waals surface area contributed by atoms with Crippen LogP contribution in [0.25, 0.3) is 10.9 Å². The molecule has 0 bridgehead atoms. The van der Waals surface area contributed by atoms with Crippen molar-refractivity contribution >= 4 is 16.8 Å². The quantitative estimate of drug-likeness (QED) is 0.946. The minimum absolute atomic E-state index is 0.151. The van der Waals surface area contributed by atoms with Gasteiger partial charge in [0.2, 0.25) is 0 Å². The van der Waals surface area contributed by atoms with E-state index in [1.165, 1.54) is 12.8 Å². The molecule has 0 radical (unpaired) electrons. The van der Waals surface area contributed by atoms with Crippen LogP contribution in [0.1, 0.15) is 41.2 Å². The van der Waals surface area contributed by atoms with Gasteiger partial charge in [-0.15, -0.1) is 0 Å². The number of pyridine rings is 1. The summed E-state index contributed by atoms with van der Waals surface area (Å²) in [5.74, 6) is 0.707. The number of likely N-dealkylation sites (tertiary alicyclic amines) is 1. The smallest absolute Gasteiger partial charge is 0.254 e. The van der Waals surface area contributed by atoms with Crippen LogP contribution in [0.5, 0.6) is 0 Å². The Morgan fingerprint density at radius 3 is 2.82 bits per heavy atom. The van der Waals surface area contributed by atoms with Crippen molar-refractivity contribution in [3.05, 3.63) is 41.6 Å². The zero-order valence-electron chi connectivity index (χ0n) is 12.9. The Labute approximate surface area is 130 Å². The second-order valence-electron chi connectivity index (χ2n) is 6.41. The summed E-state index contributed by atoms with van der Waals surface area (Å²) in [5.41, 5.74) is 2.86. The summed E-state index contributed by atoms with van der Waals surface area (Å²) in [7, 11) is 1.96. The lowest BCUT2D eigenvalue weighted by atomic mass is 10.0. The van der Waals surface area contributed by atoms with E-state index < -0.39 is 0 Å². The number of rotatable bonds is 3. The molecule has 4 rings (SSSR count). The average molecular weight is 295 g/mol. The zero-order chi connectivity index (χ0) is 15.1. The molecule has 22 heavy (non-hydrogen) atoms. The van der Waals surface area contributed by atoms with E-state index in [4.69, 9.17) is 4.98 Å². The van der Waals surface area contributed by atoms with Gasteiger partial charge in [0.15, 0.2) is 0 Å². The van der Waals surface area contributed by atoms with Gasteiger partial charge in [-0.25, -0.2) is 0 Å². The molecule has 1 atom stereocenters. The molecule has 1 N–H and O–H groups in total. The monoisotopic (exact) mass is 295 g/mol. The number of fused-ring (bicyclic) bond motifs is 1. The Balaban J connectivity index is 1.74. The first kappa shape index (κ1) is 13.7. The number of carbonyl (C=O) groups excluding carboxylic acids is 1. The molecule has 1 aromatic heterocycles. The van der Waals surface area contributed by atoms with Crippen molar-refractivity contribution < 1.29 is 4.79 Å². The number of likely N-dealkylation sites (N-methyl/N-ethyl adjacent to an activating group) is 1. The van der Waals surface area contributed by atoms with Crippen molar-refractivity contribution in [2.45, 2.75) is 31.2 Å². The maximum absolute atomic E-state index is 13.0. The summed E-state index contributed by atoms with van der Waals surface area (Å²) in [6.45, 7) is 1.63. The van der Waals surface area contributed by atoms with Crippen LogP contribution >= 0.6 is 0 Å². The van der Waals surface area contributed by atoms with Crippen LogP contribution in [0, 0.1) is 0 Å². The van der Waals surface area contributed by atoms with E-state index in [1.807, 2.05) is 42.3 Å². The van der Waals surface area contributed by atoms with Gasteiger partial charge in [-0.3, -0.25) is 9.78 Å². The topological polar surface area (TPSA) is 45.2 Å². The largest absolute Gasteiger partial charge is 0.337 e. The lowest BCUT2D eigenvalue weighted by Gasteiger charge is -2.18. The minimum atomic E-state index is 0.151. The van der Waals surface area contributed by atoms with Crippen LogP contribution in [0.15, 0.2) is 30.3 Å². The number of nitrogens with zero attached hydrogens (tertiary/aromatic N) is 2. The van der Waals surface area contributed by atoms with Gasteiger partial charge in [-0.2, -0.15) is 0 Å². The Hall–Kier alpha value is -1.94. The second kappa shape index (κ2) is 5.36. The number of hydrogen-bond acceptors (Lipinski definition) is 3. The average Bonchev–Trinajstić information content (AvgIpc) is 3.30. The summed E-state index contributed by atoms with van der Waals surface area (Å²) >= 11 is 0. The number of aromatic nitrogens is 1. The van der Waals surface area contributed by atoms with E-state index in [0.717, 1.165) is 41.7 Å². The molecular weight excluding hydrogens is 274 g/mol. The van der Waals surface area contributed by atoms with E-state index in [0.29, 0.717) is 12.0 Å². The van der Waals surface area contributed by atoms with Crippen molar-refractivity contribution in [3.8, 4) is 0 Å². The number of para-hydroxylation sites is 1. The predicted octanol–water partition coefficient (Wildman–Crippen LogP) is 2.55. The first-order valence-electron chi connectivity index (χ1n) is 8.12. The summed E-state index contributed by atoms with van der Waals surface area (Å²) in [4.78, 5) is 19.7. The highest BCUT2D eigenvalue weighted by Gasteiger charge is 2.30. The predicted molar refractivity (Wildman–Crippen MR) is 87.1 cm³/mol. The normalized spacial score (nSPS) is 21.5. The van der Waals surface area contributed by atoms with Gasteiger partial charge in [0.05, 0.1) is 11.1 Å². The molecule has 1 aliphatic heterocycles. The number of nitrogens with one attached hydrogen (secondary N) is 1. The van der Waals surface area contributed by atoms with Crippen molar-refractivity contribution in [1.82, 2.24) is 15.2 Å². The lowest BCUT2D eigenvalue weighted by Crippen LogP contribution is -2.33. The SMILES string of the molecule is CNC1CCN(C(=O)c2cc(C3CC3)nc3ccccc23)C1. The molecule has 1 amide bonds. The fourth-order valence-corrected chi connectivity index (χ4v) is 3.31. The molecule has 1 aromatic carbocycles. The molecule has 4 nitrogen and oxygen atoms in total. The van der Waals surface area contributed by atoms with Crippen molar-refractivity contribution in [1.29, 1.82) is 0 Å². The molecule has 4 heteroatoms. The van der Waals surface area contributed by atoms with Crippen LogP contribution in [-0.4, -0.2) is 42.0 Å². The molecule has 2 aliphatic rings. The molecule has 2 aromatic rings. The fourth-order valence-electron chi connectivity index (χ4n) is 3.31. The maximum Gasteiger partial charge on any atom is 0.254 e. The van der Waals surface area contributed by atoms with E-state index >= 15 is 0 Å². The fraction of sp³-hybridized carbons (Fsp3) is 0.444. The number of amides is 1. The van der Waals surface area contributed by atoms with Gasteiger partial charge in [-0.1, -0.05) is 18.2 Å². The number of hydrogen-bond donors (Lipinski definition) is 1. The highest BCUT2D eigenvalue weighted by molar-refractivity contribution is 6.06. The molecule has 1 saturated heterocycles. The van der Waals surface area contributed by atoms with Crippen molar-refractivity contribution in [2.24, 2.45) is 0 Å². The van der Waals surface area contributed by atoms with Crippen LogP contribution in [0.4, 0.5) is 0 Å². The van der Waals surface area contributed by atoms with Crippen LogP contribution < -0.4 is 5.32 Å². The molecule has 1 saturated carbocycles. The Bertz CT molecular complexity index is 723. The first-order valence-corrected chi connectivity index (χ1v) is 8.12. The third-order valence-corrected chi connectivity index (χ3v) is 4.85. The van der Waals surface area contributed by atoms with Gasteiger partial charge >= 0.3 is 0 Å². The third kappa shape index (κ3) is 2.37. The summed E-state index contributed by atoms with van der Waals surface area (Å²) in [6, 6.07) is 10.5. The lowest BCUT2D eigenvalue weighted by molar-refractivity contribution is 0.0791. The van der Waals surface area contributed by atoms with Crippen molar-refractivity contribution in [3.63, 3.8) is 0 Å². The number of carbonyl (C=O) groups is 1. The van der Waals surface area contributed by atoms with Crippen molar-refractivity contribution in [2.75, 3.05) is 20.1 Å². The first-order chi connectivity index (χ1) is 10.8. The molecule has 2 fully saturated rings. The standard InChI is InChI=1S/C18H21N3O/c1-19-13-8-9-21(11-13)18(22)15-10-17(12-6-7-12)20-16-5-3-2-4-14(15)16/h2-5,10,12-13,19H,6-9,11H2,1H3. The van der Waals surface area contributed by atoms with E-state index in [2.05, 4.69) is 5.32 Å². The Morgan fingerprint density at radius 2 is 2.09 bits per heavy atom. The molecular formula is C18H21N3O. The van der Waals surface area contributed by atoms with Crippen LogP contribution in [-0.2, 0) is 0 Å². The van der Waals surface area contributed by atoms with E-state index in [1.54, 1.807) is 0 Å². The van der Waals surface area contributed by atoms with Gasteiger partial charge in [-0.05, 0) is 38.4 Å².